The van der Waals surface area contributed by atoms with Crippen LogP contribution in [0.5, 0.6) is 0 Å². The van der Waals surface area contributed by atoms with Crippen molar-refractivity contribution in [3.63, 3.8) is 0 Å². The summed E-state index contributed by atoms with van der Waals surface area (Å²) in [7, 11) is 0. The van der Waals surface area contributed by atoms with Crippen molar-refractivity contribution in [3.8, 4) is 0 Å². The third kappa shape index (κ3) is 7.53. The highest BCUT2D eigenvalue weighted by molar-refractivity contribution is 9.11. The molecule has 0 radical (unpaired) electrons. The van der Waals surface area contributed by atoms with Gasteiger partial charge in [0.1, 0.15) is 0 Å². The summed E-state index contributed by atoms with van der Waals surface area (Å²) in [6.45, 7) is 0. The van der Waals surface area contributed by atoms with Crippen LogP contribution in [0.15, 0.2) is 33.2 Å². The standard InChI is InChI=1S/C8H6BrN3O4.C7H5BrN2O4.CH4N2O/c9-5-2-3(12(15)16)1-4-6(5)10-8(14)11-7(4)13;8-5-2-3(10(13)14)1-4(6(5)9)7(11)12;2-1(3)4/h1-2,7,13H,(H2,10,11,14);1-2H,9H2,(H,11,12);(H4,2,3,4). The molecule has 18 heteroatoms. The Labute approximate surface area is 205 Å². The smallest absolute Gasteiger partial charge is 0.338 e. The quantitative estimate of drug-likeness (QED) is 0.151. The molecular weight excluding hydrogens is 594 g/mol. The highest BCUT2D eigenvalue weighted by Crippen LogP contribution is 2.36. The summed E-state index contributed by atoms with van der Waals surface area (Å²) in [4.78, 5) is 50.4. The van der Waals surface area contributed by atoms with Gasteiger partial charge in [-0.2, -0.15) is 0 Å². The lowest BCUT2D eigenvalue weighted by Crippen LogP contribution is -2.37. The Hall–Kier alpha value is -4.03. The van der Waals surface area contributed by atoms with Gasteiger partial charge in [-0.25, -0.2) is 14.4 Å². The van der Waals surface area contributed by atoms with Crippen LogP contribution in [0.4, 0.5) is 32.3 Å². The second kappa shape index (κ2) is 11.7. The average Bonchev–Trinajstić information content (AvgIpc) is 2.70. The van der Waals surface area contributed by atoms with Crippen LogP contribution in [-0.4, -0.2) is 38.1 Å². The number of aliphatic hydroxyl groups is 1. The van der Waals surface area contributed by atoms with Gasteiger partial charge in [0, 0.05) is 38.8 Å². The minimum atomic E-state index is -1.30. The minimum Gasteiger partial charge on any atom is -0.478 e. The predicted octanol–water partition coefficient (Wildman–Crippen LogP) is 2.14. The number of rotatable bonds is 3. The first-order valence-corrected chi connectivity index (χ1v) is 9.99. The fraction of sp³-hybridized carbons (Fsp3) is 0.0625. The molecule has 0 saturated heterocycles. The van der Waals surface area contributed by atoms with Crippen LogP contribution in [0, 0.1) is 20.2 Å². The van der Waals surface area contributed by atoms with E-state index in [-0.39, 0.29) is 32.7 Å². The number of halogens is 2. The number of nitro benzene ring substituents is 2. The van der Waals surface area contributed by atoms with Crippen molar-refractivity contribution >= 4 is 72.6 Å². The third-order valence-electron chi connectivity index (χ3n) is 3.67. The average molecular weight is 609 g/mol. The lowest BCUT2D eigenvalue weighted by molar-refractivity contribution is -0.385. The first kappa shape index (κ1) is 28.0. The maximum Gasteiger partial charge on any atom is 0.338 e. The number of hydrogen-bond acceptors (Lipinski definition) is 9. The number of primary amides is 2. The number of nitro groups is 2. The fourth-order valence-electron chi connectivity index (χ4n) is 2.30. The molecule has 2 aromatic carbocycles. The Morgan fingerprint density at radius 3 is 1.94 bits per heavy atom. The van der Waals surface area contributed by atoms with E-state index in [2.05, 4.69) is 54.0 Å². The summed E-state index contributed by atoms with van der Waals surface area (Å²) in [5.41, 5.74) is 13.7. The number of aromatic carboxylic acids is 1. The lowest BCUT2D eigenvalue weighted by Gasteiger charge is -2.23. The summed E-state index contributed by atoms with van der Waals surface area (Å²) in [6.07, 6.45) is -1.25. The van der Waals surface area contributed by atoms with Gasteiger partial charge in [-0.05, 0) is 31.9 Å². The number of benzene rings is 2. The van der Waals surface area contributed by atoms with Gasteiger partial charge in [-0.15, -0.1) is 0 Å². The van der Waals surface area contributed by atoms with Gasteiger partial charge in [0.2, 0.25) is 0 Å². The second-order valence-electron chi connectivity index (χ2n) is 6.00. The van der Waals surface area contributed by atoms with Gasteiger partial charge in [0.15, 0.2) is 6.23 Å². The van der Waals surface area contributed by atoms with Crippen LogP contribution < -0.4 is 27.8 Å². The Morgan fingerprint density at radius 2 is 1.47 bits per heavy atom. The number of carbonyl (C=O) groups is 3. The van der Waals surface area contributed by atoms with E-state index in [9.17, 15) is 34.9 Å². The topological polar surface area (TPSA) is 280 Å². The Balaban J connectivity index is 0.000000297. The van der Waals surface area contributed by atoms with Gasteiger partial charge in [-0.1, -0.05) is 0 Å². The number of carbonyl (C=O) groups excluding carboxylic acids is 2. The molecule has 16 nitrogen and oxygen atoms in total. The van der Waals surface area contributed by atoms with Gasteiger partial charge in [0.25, 0.3) is 11.4 Å². The van der Waals surface area contributed by atoms with E-state index in [1.54, 1.807) is 0 Å². The molecule has 10 N–H and O–H groups in total. The first-order valence-electron chi connectivity index (χ1n) is 8.40. The number of nitrogens with one attached hydrogen (secondary N) is 2. The number of nitrogens with two attached hydrogens (primary N) is 3. The van der Waals surface area contributed by atoms with Crippen LogP contribution in [0.2, 0.25) is 0 Å². The monoisotopic (exact) mass is 607 g/mol. The molecule has 1 atom stereocenters. The van der Waals surface area contributed by atoms with Crippen molar-refractivity contribution in [2.24, 2.45) is 11.5 Å². The highest BCUT2D eigenvalue weighted by Gasteiger charge is 2.27. The number of hydrogen-bond donors (Lipinski definition) is 7. The zero-order valence-corrected chi connectivity index (χ0v) is 19.7. The van der Waals surface area contributed by atoms with Crippen LogP contribution in [-0.2, 0) is 0 Å². The molecule has 34 heavy (non-hydrogen) atoms. The fourth-order valence-corrected chi connectivity index (χ4v) is 3.31. The van der Waals surface area contributed by atoms with Crippen molar-refractivity contribution in [2.75, 3.05) is 11.1 Å². The summed E-state index contributed by atoms with van der Waals surface area (Å²) >= 11 is 6.04. The van der Waals surface area contributed by atoms with Gasteiger partial charge >= 0.3 is 18.0 Å². The van der Waals surface area contributed by atoms with Crippen molar-refractivity contribution < 1.29 is 34.4 Å². The Kier molecular flexibility index (Phi) is 9.65. The van der Waals surface area contributed by atoms with E-state index >= 15 is 0 Å². The van der Waals surface area contributed by atoms with Gasteiger partial charge in [0.05, 0.1) is 26.8 Å². The van der Waals surface area contributed by atoms with Crippen molar-refractivity contribution in [3.05, 3.63) is 64.6 Å². The van der Waals surface area contributed by atoms with Gasteiger partial charge < -0.3 is 38.0 Å². The second-order valence-corrected chi connectivity index (χ2v) is 7.71. The van der Waals surface area contributed by atoms with Gasteiger partial charge in [-0.3, -0.25) is 20.2 Å². The molecule has 0 aliphatic carbocycles. The molecular formula is C16H15Br2N7O9. The summed E-state index contributed by atoms with van der Waals surface area (Å²) in [5.74, 6) is -1.30. The number of carboxylic acid groups (broad SMARTS) is 1. The van der Waals surface area contributed by atoms with Crippen molar-refractivity contribution in [2.45, 2.75) is 6.23 Å². The molecule has 3 rings (SSSR count). The Bertz CT molecular complexity index is 1170. The van der Waals surface area contributed by atoms with E-state index in [0.29, 0.717) is 10.2 Å². The molecule has 1 aliphatic rings. The number of amides is 4. The molecule has 0 fully saturated rings. The van der Waals surface area contributed by atoms with Crippen LogP contribution in [0.25, 0.3) is 0 Å². The van der Waals surface area contributed by atoms with E-state index in [1.165, 1.54) is 12.1 Å². The SMILES string of the molecule is NC(N)=O.Nc1c(Br)cc([N+](=O)[O-])cc1C(=O)O.O=C1Nc2c(Br)cc([N+](=O)[O-])cc2C(O)N1. The van der Waals surface area contributed by atoms with E-state index in [0.717, 1.165) is 12.1 Å². The molecule has 0 aromatic heterocycles. The van der Waals surface area contributed by atoms with Crippen LogP contribution in [0.1, 0.15) is 22.1 Å². The van der Waals surface area contributed by atoms with Crippen LogP contribution >= 0.6 is 31.9 Å². The molecule has 0 spiro atoms. The predicted molar refractivity (Wildman–Crippen MR) is 124 cm³/mol. The molecule has 2 aromatic rings. The maximum atomic E-state index is 11.1. The molecule has 0 bridgehead atoms. The number of carboxylic acids is 1. The first-order chi connectivity index (χ1) is 15.6. The minimum absolute atomic E-state index is 0.0249. The zero-order valence-electron chi connectivity index (χ0n) is 16.5. The molecule has 1 unspecified atom stereocenters. The summed E-state index contributed by atoms with van der Waals surface area (Å²) in [5, 5.41) is 43.9. The largest absolute Gasteiger partial charge is 0.478 e. The summed E-state index contributed by atoms with van der Waals surface area (Å²) in [6, 6.07) is 3.15. The number of nitrogens with zero attached hydrogens (tertiary/aromatic N) is 2. The normalized spacial score (nSPS) is 13.4. The number of urea groups is 2. The number of aliphatic hydroxyl groups excluding tert-OH is 1. The number of nitrogen functional groups attached to an aromatic ring is 1. The lowest BCUT2D eigenvalue weighted by atomic mass is 10.1. The number of non-ortho nitro benzene ring substituents is 2. The molecule has 4 amide bonds. The van der Waals surface area contributed by atoms with Crippen LogP contribution in [0.3, 0.4) is 0 Å². The van der Waals surface area contributed by atoms with Crippen molar-refractivity contribution in [1.82, 2.24) is 5.32 Å². The molecule has 1 aliphatic heterocycles. The third-order valence-corrected chi connectivity index (χ3v) is 4.95. The number of fused-ring (bicyclic) bond motifs is 1. The summed E-state index contributed by atoms with van der Waals surface area (Å²) < 4.78 is 0.551. The molecule has 182 valence electrons. The van der Waals surface area contributed by atoms with E-state index in [1.807, 2.05) is 0 Å². The number of anilines is 2. The highest BCUT2D eigenvalue weighted by atomic mass is 79.9. The van der Waals surface area contributed by atoms with Crippen molar-refractivity contribution in [1.29, 1.82) is 0 Å². The Morgan fingerprint density at radius 1 is 1.00 bits per heavy atom. The molecule has 1 heterocycles. The zero-order chi connectivity index (χ0) is 26.3. The maximum absolute atomic E-state index is 11.1. The van der Waals surface area contributed by atoms with E-state index < -0.39 is 34.1 Å². The van der Waals surface area contributed by atoms with E-state index in [4.69, 9.17) is 15.6 Å². The molecule has 0 saturated carbocycles.